The number of aromatic amines is 1. The van der Waals surface area contributed by atoms with E-state index in [0.29, 0.717) is 11.1 Å². The molecule has 0 saturated carbocycles. The Labute approximate surface area is 202 Å². The summed E-state index contributed by atoms with van der Waals surface area (Å²) in [5, 5.41) is 8.96. The molecule has 0 radical (unpaired) electrons. The molecule has 14 heteroatoms. The minimum absolute atomic E-state index is 0.00406. The first-order chi connectivity index (χ1) is 17.2. The Morgan fingerprint density at radius 3 is 2.56 bits per heavy atom. The van der Waals surface area contributed by atoms with Crippen molar-refractivity contribution in [2.24, 2.45) is 0 Å². The molecule has 0 spiro atoms. The van der Waals surface area contributed by atoms with Gasteiger partial charge in [-0.1, -0.05) is 0 Å². The molecule has 2 aromatic heterocycles. The monoisotopic (exact) mass is 505 g/mol. The molecule has 3 aromatic rings. The fraction of sp³-hybridized carbons (Fsp3) is 0.364. The van der Waals surface area contributed by atoms with Crippen molar-refractivity contribution in [3.8, 4) is 5.75 Å². The SMILES string of the molecule is COc1ccc2nc(C(F)(F)F)nc(N3CCNC(=O)CCN(C(=O)c4ccc(=O)[nH]n4)CC3)c2c1. The van der Waals surface area contributed by atoms with Gasteiger partial charge in [-0.3, -0.25) is 14.4 Å². The highest BCUT2D eigenvalue weighted by molar-refractivity contribution is 5.93. The molecule has 2 N–H and O–H groups in total. The molecular weight excluding hydrogens is 483 g/mol. The number of fused-ring (bicyclic) bond motifs is 1. The number of carbonyl (C=O) groups excluding carboxylic acids is 2. The van der Waals surface area contributed by atoms with Crippen LogP contribution in [0, 0.1) is 0 Å². The van der Waals surface area contributed by atoms with E-state index < -0.39 is 23.5 Å². The van der Waals surface area contributed by atoms with Crippen molar-refractivity contribution in [3.63, 3.8) is 0 Å². The van der Waals surface area contributed by atoms with Crippen LogP contribution in [0.5, 0.6) is 5.75 Å². The van der Waals surface area contributed by atoms with Crippen molar-refractivity contribution in [2.75, 3.05) is 44.7 Å². The van der Waals surface area contributed by atoms with Gasteiger partial charge in [-0.15, -0.1) is 0 Å². The fourth-order valence-electron chi connectivity index (χ4n) is 3.75. The number of amides is 2. The number of hydrogen-bond acceptors (Lipinski definition) is 8. The second-order valence-corrected chi connectivity index (χ2v) is 7.94. The predicted octanol–water partition coefficient (Wildman–Crippen LogP) is 1.21. The Morgan fingerprint density at radius 1 is 1.06 bits per heavy atom. The number of anilines is 1. The number of rotatable bonds is 3. The van der Waals surface area contributed by atoms with Crippen LogP contribution in [0.2, 0.25) is 0 Å². The number of halogens is 3. The van der Waals surface area contributed by atoms with E-state index >= 15 is 0 Å². The van der Waals surface area contributed by atoms with Gasteiger partial charge in [0.15, 0.2) is 0 Å². The fourth-order valence-corrected chi connectivity index (χ4v) is 3.75. The molecule has 2 amide bonds. The van der Waals surface area contributed by atoms with Crippen molar-refractivity contribution in [3.05, 3.63) is 52.2 Å². The number of benzene rings is 1. The number of methoxy groups -OCH3 is 1. The molecule has 1 fully saturated rings. The summed E-state index contributed by atoms with van der Waals surface area (Å²) in [5.74, 6) is -1.77. The van der Waals surface area contributed by atoms with Gasteiger partial charge in [-0.25, -0.2) is 15.1 Å². The number of carbonyl (C=O) groups is 2. The molecule has 3 heterocycles. The maximum atomic E-state index is 13.6. The molecule has 4 rings (SSSR count). The summed E-state index contributed by atoms with van der Waals surface area (Å²) in [6.45, 7) is 0.497. The quantitative estimate of drug-likeness (QED) is 0.543. The molecule has 1 aliphatic rings. The molecule has 0 aliphatic carbocycles. The van der Waals surface area contributed by atoms with Crippen LogP contribution in [0.25, 0.3) is 10.9 Å². The van der Waals surface area contributed by atoms with Gasteiger partial charge in [0.25, 0.3) is 11.5 Å². The number of hydrogen-bond donors (Lipinski definition) is 2. The second kappa shape index (κ2) is 10.2. The van der Waals surface area contributed by atoms with Gasteiger partial charge in [0.1, 0.15) is 17.3 Å². The topological polar surface area (TPSA) is 133 Å². The number of ether oxygens (including phenoxy) is 1. The highest BCUT2D eigenvalue weighted by Crippen LogP contribution is 2.33. The first kappa shape index (κ1) is 24.9. The maximum Gasteiger partial charge on any atom is 0.451 e. The van der Waals surface area contributed by atoms with Crippen LogP contribution in [0.1, 0.15) is 22.7 Å². The van der Waals surface area contributed by atoms with E-state index in [4.69, 9.17) is 4.74 Å². The molecular formula is C22H22F3N7O4. The predicted molar refractivity (Wildman–Crippen MR) is 122 cm³/mol. The van der Waals surface area contributed by atoms with E-state index in [9.17, 15) is 27.6 Å². The van der Waals surface area contributed by atoms with E-state index in [-0.39, 0.29) is 62.1 Å². The van der Waals surface area contributed by atoms with Gasteiger partial charge in [0.05, 0.1) is 12.6 Å². The van der Waals surface area contributed by atoms with E-state index in [2.05, 4.69) is 25.5 Å². The molecule has 36 heavy (non-hydrogen) atoms. The van der Waals surface area contributed by atoms with Crippen LogP contribution in [0.3, 0.4) is 0 Å². The lowest BCUT2D eigenvalue weighted by Crippen LogP contribution is -2.45. The molecule has 1 aromatic carbocycles. The van der Waals surface area contributed by atoms with Crippen LogP contribution in [-0.4, -0.2) is 76.7 Å². The zero-order valence-electron chi connectivity index (χ0n) is 19.1. The molecule has 1 saturated heterocycles. The van der Waals surface area contributed by atoms with Gasteiger partial charge < -0.3 is 19.9 Å². The molecule has 0 atom stereocenters. The number of nitrogens with one attached hydrogen (secondary N) is 2. The Morgan fingerprint density at radius 2 is 1.86 bits per heavy atom. The number of H-pyrrole nitrogens is 1. The van der Waals surface area contributed by atoms with Gasteiger partial charge in [0.2, 0.25) is 11.7 Å². The Bertz CT molecular complexity index is 1320. The third kappa shape index (κ3) is 5.53. The first-order valence-corrected chi connectivity index (χ1v) is 11.0. The third-order valence-electron chi connectivity index (χ3n) is 5.57. The molecule has 1 aliphatic heterocycles. The number of nitrogens with zero attached hydrogens (tertiary/aromatic N) is 5. The van der Waals surface area contributed by atoms with Crippen LogP contribution < -0.4 is 20.5 Å². The summed E-state index contributed by atoms with van der Waals surface area (Å²) in [5.41, 5.74) is -0.445. The van der Waals surface area contributed by atoms with E-state index in [1.54, 1.807) is 4.90 Å². The average Bonchev–Trinajstić information content (AvgIpc) is 2.86. The zero-order valence-corrected chi connectivity index (χ0v) is 19.1. The van der Waals surface area contributed by atoms with Crippen LogP contribution in [-0.2, 0) is 11.0 Å². The summed E-state index contributed by atoms with van der Waals surface area (Å²) in [6, 6.07) is 6.86. The zero-order chi connectivity index (χ0) is 25.9. The van der Waals surface area contributed by atoms with Gasteiger partial charge in [-0.2, -0.15) is 18.3 Å². The van der Waals surface area contributed by atoms with Crippen molar-refractivity contribution < 1.29 is 27.5 Å². The van der Waals surface area contributed by atoms with Crippen molar-refractivity contribution in [2.45, 2.75) is 12.6 Å². The Kier molecular flexibility index (Phi) is 7.03. The summed E-state index contributed by atoms with van der Waals surface area (Å²) in [6.07, 6.45) is -4.76. The van der Waals surface area contributed by atoms with Crippen molar-refractivity contribution in [1.29, 1.82) is 0 Å². The molecule has 11 nitrogen and oxygen atoms in total. The number of aromatic nitrogens is 4. The van der Waals surface area contributed by atoms with Crippen LogP contribution in [0.15, 0.2) is 35.1 Å². The summed E-state index contributed by atoms with van der Waals surface area (Å²) < 4.78 is 46.0. The summed E-state index contributed by atoms with van der Waals surface area (Å²) in [7, 11) is 1.43. The van der Waals surface area contributed by atoms with Crippen molar-refractivity contribution in [1.82, 2.24) is 30.4 Å². The lowest BCUT2D eigenvalue weighted by atomic mass is 10.2. The largest absolute Gasteiger partial charge is 0.497 e. The van der Waals surface area contributed by atoms with E-state index in [0.717, 1.165) is 6.07 Å². The first-order valence-electron chi connectivity index (χ1n) is 11.0. The minimum atomic E-state index is -4.79. The average molecular weight is 505 g/mol. The van der Waals surface area contributed by atoms with Gasteiger partial charge in [-0.05, 0) is 24.3 Å². The Balaban J connectivity index is 1.72. The van der Waals surface area contributed by atoms with Crippen molar-refractivity contribution >= 4 is 28.5 Å². The lowest BCUT2D eigenvalue weighted by molar-refractivity contribution is -0.144. The Hall–Kier alpha value is -4.23. The van der Waals surface area contributed by atoms with Gasteiger partial charge in [0, 0.05) is 50.6 Å². The van der Waals surface area contributed by atoms with Crippen LogP contribution in [0.4, 0.5) is 19.0 Å². The van der Waals surface area contributed by atoms with E-state index in [1.807, 2.05) is 0 Å². The lowest BCUT2D eigenvalue weighted by Gasteiger charge is -2.31. The molecule has 0 bridgehead atoms. The van der Waals surface area contributed by atoms with Gasteiger partial charge >= 0.3 is 6.18 Å². The van der Waals surface area contributed by atoms with Crippen LogP contribution >= 0.6 is 0 Å². The summed E-state index contributed by atoms with van der Waals surface area (Å²) in [4.78, 5) is 47.0. The standard InChI is InChI=1S/C22H22F3N7O4/c1-36-13-2-3-15-14(12-13)19(28-21(27-15)22(23,24)25)31-9-7-26-17(33)6-8-32(11-10-31)20(35)16-4-5-18(34)30-29-16/h2-5,12H,6-11H2,1H3,(H,26,33)(H,30,34). The third-order valence-corrected chi connectivity index (χ3v) is 5.57. The van der Waals surface area contributed by atoms with E-state index in [1.165, 1.54) is 36.3 Å². The minimum Gasteiger partial charge on any atom is -0.497 e. The smallest absolute Gasteiger partial charge is 0.451 e. The highest BCUT2D eigenvalue weighted by atomic mass is 19.4. The number of alkyl halides is 3. The second-order valence-electron chi connectivity index (χ2n) is 7.94. The maximum absolute atomic E-state index is 13.6. The summed E-state index contributed by atoms with van der Waals surface area (Å²) >= 11 is 0. The molecule has 0 unspecified atom stereocenters. The highest BCUT2D eigenvalue weighted by Gasteiger charge is 2.36. The normalized spacial score (nSPS) is 15.5. The molecule has 190 valence electrons.